The average molecular weight is 487 g/mol. The number of rotatable bonds is 5. The van der Waals surface area contributed by atoms with Gasteiger partial charge >= 0.3 is 6.09 Å². The molecular formula is C28H30N4O4. The third kappa shape index (κ3) is 3.90. The van der Waals surface area contributed by atoms with Crippen LogP contribution in [0.4, 0.5) is 10.5 Å². The molecule has 1 unspecified atom stereocenters. The van der Waals surface area contributed by atoms with Crippen LogP contribution in [-0.4, -0.2) is 65.9 Å². The molecule has 186 valence electrons. The SMILES string of the molecule is C#Cc1cc2cc(-c3ccccc3OCOC)nnc2cc1N1CC2(C1)CN(C(=O)O)C2C(C)(C)C. The van der Waals surface area contributed by atoms with Crippen LogP contribution in [-0.2, 0) is 4.74 Å². The largest absolute Gasteiger partial charge is 0.467 e. The molecule has 36 heavy (non-hydrogen) atoms. The number of anilines is 1. The molecule has 2 fully saturated rings. The standard InChI is InChI=1S/C28H30N4O4/c1-6-18-11-19-12-22(20-9-7-8-10-24(20)36-17-35-5)30-29-21(19)13-23(18)31-14-28(15-31)16-32(26(33)34)25(28)27(2,3)4/h1,7-13,25H,14-17H2,2-5H3,(H,33,34). The highest BCUT2D eigenvalue weighted by Crippen LogP contribution is 2.53. The number of carboxylic acid groups (broad SMARTS) is 1. The molecule has 2 aliphatic rings. The monoisotopic (exact) mass is 486 g/mol. The topological polar surface area (TPSA) is 88.0 Å². The Kier molecular flexibility index (Phi) is 5.76. The van der Waals surface area contributed by atoms with E-state index < -0.39 is 6.09 Å². The van der Waals surface area contributed by atoms with Gasteiger partial charge in [-0.15, -0.1) is 16.6 Å². The van der Waals surface area contributed by atoms with Crippen LogP contribution in [0, 0.1) is 23.2 Å². The summed E-state index contributed by atoms with van der Waals surface area (Å²) < 4.78 is 10.7. The second-order valence-electron chi connectivity index (χ2n) is 10.7. The number of aromatic nitrogens is 2. The summed E-state index contributed by atoms with van der Waals surface area (Å²) in [5.74, 6) is 3.50. The van der Waals surface area contributed by atoms with Crippen LogP contribution in [0.5, 0.6) is 5.75 Å². The van der Waals surface area contributed by atoms with Gasteiger partial charge in [-0.2, -0.15) is 0 Å². The number of methoxy groups -OCH3 is 1. The molecule has 1 spiro atoms. The summed E-state index contributed by atoms with van der Waals surface area (Å²) in [4.78, 5) is 15.5. The Bertz CT molecular complexity index is 1370. The molecule has 3 heterocycles. The molecule has 1 aromatic heterocycles. The Morgan fingerprint density at radius 3 is 2.61 bits per heavy atom. The van der Waals surface area contributed by atoms with Crippen molar-refractivity contribution in [2.45, 2.75) is 26.8 Å². The number of benzene rings is 2. The molecule has 2 aromatic carbocycles. The van der Waals surface area contributed by atoms with E-state index in [1.807, 2.05) is 42.5 Å². The van der Waals surface area contributed by atoms with Crippen LogP contribution in [0.2, 0.25) is 0 Å². The lowest BCUT2D eigenvalue weighted by Gasteiger charge is -2.68. The predicted molar refractivity (Wildman–Crippen MR) is 138 cm³/mol. The Labute approximate surface area is 210 Å². The highest BCUT2D eigenvalue weighted by atomic mass is 16.7. The van der Waals surface area contributed by atoms with E-state index in [9.17, 15) is 9.90 Å². The van der Waals surface area contributed by atoms with Gasteiger partial charge in [0.25, 0.3) is 0 Å². The highest BCUT2D eigenvalue weighted by Gasteiger charge is 2.64. The fourth-order valence-electron chi connectivity index (χ4n) is 5.97. The molecule has 1 amide bonds. The number of para-hydroxylation sites is 1. The van der Waals surface area contributed by atoms with Crippen LogP contribution >= 0.6 is 0 Å². The number of nitrogens with zero attached hydrogens (tertiary/aromatic N) is 4. The van der Waals surface area contributed by atoms with E-state index >= 15 is 0 Å². The molecule has 2 saturated heterocycles. The molecule has 5 rings (SSSR count). The fourth-order valence-corrected chi connectivity index (χ4v) is 5.97. The zero-order valence-electron chi connectivity index (χ0n) is 21.0. The van der Waals surface area contributed by atoms with Crippen LogP contribution in [0.15, 0.2) is 42.5 Å². The minimum Gasteiger partial charge on any atom is -0.467 e. The van der Waals surface area contributed by atoms with Gasteiger partial charge in [0.05, 0.1) is 22.9 Å². The number of fused-ring (bicyclic) bond motifs is 1. The van der Waals surface area contributed by atoms with Crippen molar-refractivity contribution in [3.8, 4) is 29.4 Å². The Morgan fingerprint density at radius 1 is 1.19 bits per heavy atom. The molecule has 1 N–H and O–H groups in total. The summed E-state index contributed by atoms with van der Waals surface area (Å²) in [5.41, 5.74) is 3.76. The first-order valence-electron chi connectivity index (χ1n) is 11.9. The second kappa shape index (κ2) is 8.68. The van der Waals surface area contributed by atoms with Crippen molar-refractivity contribution in [3.63, 3.8) is 0 Å². The fraction of sp³-hybridized carbons (Fsp3) is 0.393. The van der Waals surface area contributed by atoms with Crippen molar-refractivity contribution in [2.24, 2.45) is 10.8 Å². The quantitative estimate of drug-likeness (QED) is 0.420. The Balaban J connectivity index is 1.43. The molecule has 8 nitrogen and oxygen atoms in total. The summed E-state index contributed by atoms with van der Waals surface area (Å²) in [6.07, 6.45) is 5.07. The maximum Gasteiger partial charge on any atom is 0.407 e. The van der Waals surface area contributed by atoms with Gasteiger partial charge in [0, 0.05) is 48.7 Å². The van der Waals surface area contributed by atoms with E-state index in [0.717, 1.165) is 40.8 Å². The summed E-state index contributed by atoms with van der Waals surface area (Å²) in [6.45, 7) is 8.51. The van der Waals surface area contributed by atoms with Gasteiger partial charge in [-0.3, -0.25) is 0 Å². The first-order chi connectivity index (χ1) is 17.2. The van der Waals surface area contributed by atoms with E-state index in [2.05, 4.69) is 41.8 Å². The van der Waals surface area contributed by atoms with Crippen LogP contribution in [0.3, 0.4) is 0 Å². The van der Waals surface area contributed by atoms with E-state index in [0.29, 0.717) is 18.0 Å². The van der Waals surface area contributed by atoms with Crippen molar-refractivity contribution in [1.82, 2.24) is 15.1 Å². The first kappa shape index (κ1) is 23.9. The van der Waals surface area contributed by atoms with Crippen molar-refractivity contribution < 1.29 is 19.4 Å². The number of ether oxygens (including phenoxy) is 2. The molecular weight excluding hydrogens is 456 g/mol. The summed E-state index contributed by atoms with van der Waals surface area (Å²) in [5, 5.41) is 19.5. The van der Waals surface area contributed by atoms with Gasteiger partial charge < -0.3 is 24.4 Å². The third-order valence-electron chi connectivity index (χ3n) is 7.15. The molecule has 0 aliphatic carbocycles. The van der Waals surface area contributed by atoms with Gasteiger partial charge in [-0.25, -0.2) is 4.79 Å². The molecule has 8 heteroatoms. The molecule has 0 radical (unpaired) electrons. The maximum absolute atomic E-state index is 11.7. The zero-order chi connectivity index (χ0) is 25.7. The number of hydrogen-bond donors (Lipinski definition) is 1. The minimum absolute atomic E-state index is 0.0313. The Morgan fingerprint density at radius 2 is 1.94 bits per heavy atom. The maximum atomic E-state index is 11.7. The summed E-state index contributed by atoms with van der Waals surface area (Å²) in [6, 6.07) is 13.5. The smallest absolute Gasteiger partial charge is 0.407 e. The van der Waals surface area contributed by atoms with Gasteiger partial charge in [0.1, 0.15) is 5.75 Å². The van der Waals surface area contributed by atoms with Crippen molar-refractivity contribution in [2.75, 3.05) is 38.4 Å². The molecule has 3 aromatic rings. The van der Waals surface area contributed by atoms with Gasteiger partial charge in [0.2, 0.25) is 0 Å². The first-order valence-corrected chi connectivity index (χ1v) is 11.9. The second-order valence-corrected chi connectivity index (χ2v) is 10.7. The minimum atomic E-state index is -0.853. The van der Waals surface area contributed by atoms with Crippen molar-refractivity contribution in [3.05, 3.63) is 48.0 Å². The highest BCUT2D eigenvalue weighted by molar-refractivity contribution is 5.88. The molecule has 2 aliphatic heterocycles. The van der Waals surface area contributed by atoms with Crippen molar-refractivity contribution >= 4 is 22.7 Å². The van der Waals surface area contributed by atoms with Crippen molar-refractivity contribution in [1.29, 1.82) is 0 Å². The molecule has 0 bridgehead atoms. The van der Waals surface area contributed by atoms with Gasteiger partial charge in [0.15, 0.2) is 6.79 Å². The number of hydrogen-bond acceptors (Lipinski definition) is 6. The number of amides is 1. The Hall–Kier alpha value is -3.83. The van der Waals surface area contributed by atoms with E-state index in [1.54, 1.807) is 12.0 Å². The lowest BCUT2D eigenvalue weighted by molar-refractivity contribution is -0.121. The number of terminal acetylenes is 1. The summed E-state index contributed by atoms with van der Waals surface area (Å²) in [7, 11) is 1.58. The van der Waals surface area contributed by atoms with Gasteiger partial charge in [-0.05, 0) is 35.7 Å². The number of likely N-dealkylation sites (tertiary alicyclic amines) is 1. The van der Waals surface area contributed by atoms with Crippen LogP contribution in [0.1, 0.15) is 26.3 Å². The summed E-state index contributed by atoms with van der Waals surface area (Å²) >= 11 is 0. The van der Waals surface area contributed by atoms with Gasteiger partial charge in [-0.1, -0.05) is 38.8 Å². The molecule has 1 atom stereocenters. The van der Waals surface area contributed by atoms with E-state index in [1.165, 1.54) is 0 Å². The van der Waals surface area contributed by atoms with Crippen LogP contribution < -0.4 is 9.64 Å². The average Bonchev–Trinajstić information content (AvgIpc) is 2.79. The lowest BCUT2D eigenvalue weighted by atomic mass is 9.58. The predicted octanol–water partition coefficient (Wildman–Crippen LogP) is 4.48. The lowest BCUT2D eigenvalue weighted by Crippen LogP contribution is -2.81. The normalized spacial score (nSPS) is 18.5. The van der Waals surface area contributed by atoms with Crippen LogP contribution in [0.25, 0.3) is 22.2 Å². The van der Waals surface area contributed by atoms with E-state index in [4.69, 9.17) is 15.9 Å². The molecule has 0 saturated carbocycles. The third-order valence-corrected chi connectivity index (χ3v) is 7.15. The zero-order valence-corrected chi connectivity index (χ0v) is 21.0. The van der Waals surface area contributed by atoms with E-state index in [-0.39, 0.29) is 23.7 Å². The number of carbonyl (C=O) groups is 1.